The van der Waals surface area contributed by atoms with Gasteiger partial charge in [0.05, 0.1) is 0 Å². The highest BCUT2D eigenvalue weighted by Crippen LogP contribution is 2.35. The predicted molar refractivity (Wildman–Crippen MR) is 77.0 cm³/mol. The Morgan fingerprint density at radius 2 is 2.17 bits per heavy atom. The van der Waals surface area contributed by atoms with Crippen molar-refractivity contribution in [2.24, 2.45) is 5.92 Å². The molecule has 1 aliphatic rings. The van der Waals surface area contributed by atoms with Crippen molar-refractivity contribution in [1.82, 2.24) is 0 Å². The summed E-state index contributed by atoms with van der Waals surface area (Å²) < 4.78 is 0. The molecule has 2 heteroatoms. The molecule has 0 radical (unpaired) electrons. The number of rotatable bonds is 3. The minimum absolute atomic E-state index is 0.222. The van der Waals surface area contributed by atoms with Crippen LogP contribution in [0.4, 0.5) is 5.69 Å². The maximum atomic E-state index is 9.13. The van der Waals surface area contributed by atoms with Crippen LogP contribution in [0.1, 0.15) is 38.7 Å². The van der Waals surface area contributed by atoms with Crippen molar-refractivity contribution in [2.75, 3.05) is 18.1 Å². The van der Waals surface area contributed by atoms with Gasteiger partial charge in [-0.05, 0) is 63.6 Å². The average Bonchev–Trinajstić information content (AvgIpc) is 2.31. The number of piperidine rings is 1. The van der Waals surface area contributed by atoms with E-state index in [-0.39, 0.29) is 5.54 Å². The van der Waals surface area contributed by atoms with Crippen LogP contribution in [-0.4, -0.2) is 23.8 Å². The van der Waals surface area contributed by atoms with Gasteiger partial charge in [-0.15, -0.1) is 0 Å². The molecule has 1 aromatic carbocycles. The maximum Gasteiger partial charge on any atom is 0.0434 e. The van der Waals surface area contributed by atoms with E-state index in [0.717, 1.165) is 13.0 Å². The fraction of sp³-hybridized carbons (Fsp3) is 0.625. The van der Waals surface area contributed by atoms with Crippen LogP contribution in [0.15, 0.2) is 24.3 Å². The molecule has 2 rings (SSSR count). The van der Waals surface area contributed by atoms with Crippen LogP contribution in [0.25, 0.3) is 0 Å². The van der Waals surface area contributed by atoms with Crippen LogP contribution in [0.3, 0.4) is 0 Å². The lowest BCUT2D eigenvalue weighted by atomic mass is 9.83. The molecule has 0 aliphatic carbocycles. The molecule has 1 atom stereocenters. The Kier molecular flexibility index (Phi) is 3.96. The Balaban J connectivity index is 2.21. The topological polar surface area (TPSA) is 23.5 Å². The van der Waals surface area contributed by atoms with E-state index in [2.05, 4.69) is 49.9 Å². The Morgan fingerprint density at radius 3 is 2.83 bits per heavy atom. The number of hydrogen-bond donors (Lipinski definition) is 1. The lowest BCUT2D eigenvalue weighted by molar-refractivity contribution is 0.217. The van der Waals surface area contributed by atoms with Gasteiger partial charge in [-0.1, -0.05) is 12.1 Å². The third kappa shape index (κ3) is 2.86. The molecule has 0 amide bonds. The van der Waals surface area contributed by atoms with Gasteiger partial charge in [-0.25, -0.2) is 0 Å². The van der Waals surface area contributed by atoms with Gasteiger partial charge in [-0.3, -0.25) is 0 Å². The van der Waals surface area contributed by atoms with Crippen LogP contribution in [-0.2, 0) is 0 Å². The zero-order valence-electron chi connectivity index (χ0n) is 11.8. The highest BCUT2D eigenvalue weighted by molar-refractivity contribution is 5.51. The van der Waals surface area contributed by atoms with Crippen LogP contribution < -0.4 is 4.90 Å². The second kappa shape index (κ2) is 5.31. The largest absolute Gasteiger partial charge is 0.396 e. The predicted octanol–water partition coefficient (Wildman–Crippen LogP) is 3.37. The zero-order valence-corrected chi connectivity index (χ0v) is 11.8. The standard InChI is InChI=1S/C16H25NO/c1-13-5-4-6-15(11-13)17-12-14(8-10-18)7-9-16(17,2)3/h4-6,11,14,18H,7-10,12H2,1-3H3. The fourth-order valence-corrected chi connectivity index (χ4v) is 2.96. The number of anilines is 1. The van der Waals surface area contributed by atoms with Gasteiger partial charge < -0.3 is 10.0 Å². The van der Waals surface area contributed by atoms with Crippen molar-refractivity contribution in [3.05, 3.63) is 29.8 Å². The molecule has 1 N–H and O–H groups in total. The molecule has 1 fully saturated rings. The lowest BCUT2D eigenvalue weighted by Gasteiger charge is -2.47. The Bertz CT molecular complexity index is 400. The molecule has 0 aromatic heterocycles. The van der Waals surface area contributed by atoms with E-state index in [1.54, 1.807) is 0 Å². The molecule has 1 aromatic rings. The summed E-state index contributed by atoms with van der Waals surface area (Å²) in [7, 11) is 0. The van der Waals surface area contributed by atoms with Gasteiger partial charge in [0.2, 0.25) is 0 Å². The molecule has 100 valence electrons. The molecular weight excluding hydrogens is 222 g/mol. The van der Waals surface area contributed by atoms with Crippen LogP contribution in [0.2, 0.25) is 0 Å². The molecule has 1 aliphatic heterocycles. The van der Waals surface area contributed by atoms with Crippen molar-refractivity contribution in [2.45, 2.75) is 45.6 Å². The third-order valence-electron chi connectivity index (χ3n) is 4.19. The third-order valence-corrected chi connectivity index (χ3v) is 4.19. The molecule has 1 unspecified atom stereocenters. The van der Waals surface area contributed by atoms with E-state index in [1.165, 1.54) is 24.1 Å². The molecule has 2 nitrogen and oxygen atoms in total. The summed E-state index contributed by atoms with van der Waals surface area (Å²) in [4.78, 5) is 2.52. The Morgan fingerprint density at radius 1 is 1.39 bits per heavy atom. The molecular formula is C16H25NO. The van der Waals surface area contributed by atoms with Gasteiger partial charge in [0.15, 0.2) is 0 Å². The minimum atomic E-state index is 0.222. The number of benzene rings is 1. The van der Waals surface area contributed by atoms with E-state index in [0.29, 0.717) is 12.5 Å². The van der Waals surface area contributed by atoms with Gasteiger partial charge >= 0.3 is 0 Å². The normalized spacial score (nSPS) is 23.1. The summed E-state index contributed by atoms with van der Waals surface area (Å²) in [6.45, 7) is 8.17. The average molecular weight is 247 g/mol. The maximum absolute atomic E-state index is 9.13. The van der Waals surface area contributed by atoms with Crippen molar-refractivity contribution in [3.63, 3.8) is 0 Å². The molecule has 1 heterocycles. The highest BCUT2D eigenvalue weighted by Gasteiger charge is 2.33. The number of aliphatic hydroxyl groups is 1. The second-order valence-electron chi connectivity index (χ2n) is 6.18. The smallest absolute Gasteiger partial charge is 0.0434 e. The number of aliphatic hydroxyl groups excluding tert-OH is 1. The number of hydrogen-bond acceptors (Lipinski definition) is 2. The first-order valence-corrected chi connectivity index (χ1v) is 6.98. The summed E-state index contributed by atoms with van der Waals surface area (Å²) >= 11 is 0. The van der Waals surface area contributed by atoms with Crippen molar-refractivity contribution in [1.29, 1.82) is 0 Å². The first kappa shape index (κ1) is 13.4. The van der Waals surface area contributed by atoms with Gasteiger partial charge in [0, 0.05) is 24.4 Å². The van der Waals surface area contributed by atoms with Crippen molar-refractivity contribution < 1.29 is 5.11 Å². The van der Waals surface area contributed by atoms with Crippen LogP contribution >= 0.6 is 0 Å². The Hall–Kier alpha value is -1.02. The van der Waals surface area contributed by atoms with Gasteiger partial charge in [0.25, 0.3) is 0 Å². The van der Waals surface area contributed by atoms with Gasteiger partial charge in [-0.2, -0.15) is 0 Å². The summed E-state index contributed by atoms with van der Waals surface area (Å²) in [5.41, 5.74) is 2.86. The number of nitrogens with zero attached hydrogens (tertiary/aromatic N) is 1. The van der Waals surface area contributed by atoms with E-state index >= 15 is 0 Å². The van der Waals surface area contributed by atoms with Gasteiger partial charge in [0.1, 0.15) is 0 Å². The molecule has 1 saturated heterocycles. The number of aryl methyl sites for hydroxylation is 1. The van der Waals surface area contributed by atoms with E-state index < -0.39 is 0 Å². The molecule has 18 heavy (non-hydrogen) atoms. The second-order valence-corrected chi connectivity index (χ2v) is 6.18. The van der Waals surface area contributed by atoms with E-state index in [9.17, 15) is 0 Å². The summed E-state index contributed by atoms with van der Waals surface area (Å²) in [6.07, 6.45) is 3.36. The zero-order chi connectivity index (χ0) is 13.2. The summed E-state index contributed by atoms with van der Waals surface area (Å²) in [5, 5.41) is 9.13. The van der Waals surface area contributed by atoms with Crippen LogP contribution in [0.5, 0.6) is 0 Å². The minimum Gasteiger partial charge on any atom is -0.396 e. The molecule has 0 spiro atoms. The first-order valence-electron chi connectivity index (χ1n) is 6.98. The fourth-order valence-electron chi connectivity index (χ4n) is 2.96. The van der Waals surface area contributed by atoms with Crippen molar-refractivity contribution >= 4 is 5.69 Å². The van der Waals surface area contributed by atoms with Crippen molar-refractivity contribution in [3.8, 4) is 0 Å². The highest BCUT2D eigenvalue weighted by atomic mass is 16.3. The molecule has 0 saturated carbocycles. The monoisotopic (exact) mass is 247 g/mol. The summed E-state index contributed by atoms with van der Waals surface area (Å²) in [6, 6.07) is 8.75. The summed E-state index contributed by atoms with van der Waals surface area (Å²) in [5.74, 6) is 0.628. The van der Waals surface area contributed by atoms with E-state index in [1.807, 2.05) is 0 Å². The van der Waals surface area contributed by atoms with E-state index in [4.69, 9.17) is 5.11 Å². The quantitative estimate of drug-likeness (QED) is 0.885. The first-order chi connectivity index (χ1) is 8.53. The lowest BCUT2D eigenvalue weighted by Crippen LogP contribution is -2.50. The Labute approximate surface area is 111 Å². The van der Waals surface area contributed by atoms with Crippen LogP contribution in [0, 0.1) is 12.8 Å². The molecule has 0 bridgehead atoms. The SMILES string of the molecule is Cc1cccc(N2CC(CCO)CCC2(C)C)c1.